The smallest absolute Gasteiger partial charge is 0.408 e. The number of hydrogen-bond acceptors (Lipinski definition) is 6. The molecule has 2 rings (SSSR count). The Morgan fingerprint density at radius 2 is 1.64 bits per heavy atom. The lowest BCUT2D eigenvalue weighted by molar-refractivity contribution is -0.144. The van der Waals surface area contributed by atoms with Gasteiger partial charge in [-0.2, -0.15) is 11.8 Å². The van der Waals surface area contributed by atoms with E-state index in [0.717, 1.165) is 5.56 Å². The molecule has 7 nitrogen and oxygen atoms in total. The first-order valence-corrected chi connectivity index (χ1v) is 11.9. The molecule has 0 bridgehead atoms. The van der Waals surface area contributed by atoms with E-state index in [4.69, 9.17) is 21.1 Å². The predicted octanol–water partition coefficient (Wildman–Crippen LogP) is 4.50. The van der Waals surface area contributed by atoms with Crippen LogP contribution in [0.3, 0.4) is 0 Å². The highest BCUT2D eigenvalue weighted by Gasteiger charge is 2.30. The van der Waals surface area contributed by atoms with Gasteiger partial charge < -0.3 is 20.1 Å². The fraction of sp³-hybridized carbons (Fsp3) is 0.375. The van der Waals surface area contributed by atoms with Gasteiger partial charge in [-0.25, -0.2) is 9.59 Å². The third kappa shape index (κ3) is 9.35. The Morgan fingerprint density at radius 1 is 1.00 bits per heavy atom. The Bertz CT molecular complexity index is 932. The van der Waals surface area contributed by atoms with Crippen LogP contribution in [0.4, 0.5) is 4.79 Å². The van der Waals surface area contributed by atoms with Crippen molar-refractivity contribution in [1.82, 2.24) is 10.6 Å². The standard InChI is InChI=1S/C24H29ClN2O5S/c1-24(2,3)32-23(30)27-20(17-10-12-18(25)13-11-17)21(28)26-19(22(29)31-4)15-33-14-16-8-6-5-7-9-16/h5-13,19-20H,14-15H2,1-4H3,(H,26,28)(H,27,30)/t19-,20+/m0/s1. The number of rotatable bonds is 9. The molecular weight excluding hydrogens is 464 g/mol. The Kier molecular flexibility index (Phi) is 10.1. The number of thioether (sulfide) groups is 1. The molecule has 0 saturated carbocycles. The summed E-state index contributed by atoms with van der Waals surface area (Å²) >= 11 is 7.45. The molecule has 2 amide bonds. The summed E-state index contributed by atoms with van der Waals surface area (Å²) in [4.78, 5) is 37.9. The first-order valence-electron chi connectivity index (χ1n) is 10.3. The van der Waals surface area contributed by atoms with Gasteiger partial charge in [0.2, 0.25) is 5.91 Å². The van der Waals surface area contributed by atoms with Gasteiger partial charge in [0.25, 0.3) is 0 Å². The summed E-state index contributed by atoms with van der Waals surface area (Å²) < 4.78 is 10.2. The average molecular weight is 493 g/mol. The molecule has 2 aromatic carbocycles. The number of nitrogens with one attached hydrogen (secondary N) is 2. The maximum absolute atomic E-state index is 13.2. The molecule has 9 heteroatoms. The van der Waals surface area contributed by atoms with E-state index in [1.165, 1.54) is 18.9 Å². The number of benzene rings is 2. The Morgan fingerprint density at radius 3 is 2.21 bits per heavy atom. The molecular formula is C24H29ClN2O5S. The molecule has 2 atom stereocenters. The van der Waals surface area contributed by atoms with Crippen LogP contribution in [0.1, 0.15) is 37.9 Å². The van der Waals surface area contributed by atoms with Crippen LogP contribution in [0.25, 0.3) is 0 Å². The molecule has 33 heavy (non-hydrogen) atoms. The first kappa shape index (κ1) is 26.5. The van der Waals surface area contributed by atoms with E-state index in [9.17, 15) is 14.4 Å². The number of esters is 1. The topological polar surface area (TPSA) is 93.7 Å². The Labute approximate surface area is 203 Å². The molecule has 0 spiro atoms. The summed E-state index contributed by atoms with van der Waals surface area (Å²) in [5.41, 5.74) is 0.847. The Balaban J connectivity index is 2.14. The second kappa shape index (κ2) is 12.5. The third-order valence-electron chi connectivity index (χ3n) is 4.32. The highest BCUT2D eigenvalue weighted by atomic mass is 35.5. The third-order valence-corrected chi connectivity index (χ3v) is 5.68. The zero-order chi connectivity index (χ0) is 24.4. The minimum Gasteiger partial charge on any atom is -0.467 e. The van der Waals surface area contributed by atoms with Crippen molar-refractivity contribution in [3.05, 3.63) is 70.7 Å². The molecule has 0 radical (unpaired) electrons. The summed E-state index contributed by atoms with van der Waals surface area (Å²) in [6.45, 7) is 5.17. The van der Waals surface area contributed by atoms with Crippen molar-refractivity contribution >= 4 is 41.3 Å². The first-order chi connectivity index (χ1) is 15.6. The van der Waals surface area contributed by atoms with Gasteiger partial charge in [-0.15, -0.1) is 0 Å². The number of amides is 2. The van der Waals surface area contributed by atoms with Crippen molar-refractivity contribution in [2.24, 2.45) is 0 Å². The molecule has 0 unspecified atom stereocenters. The summed E-state index contributed by atoms with van der Waals surface area (Å²) in [6, 6.07) is 14.3. The van der Waals surface area contributed by atoms with Crippen LogP contribution in [-0.4, -0.2) is 42.5 Å². The minimum atomic E-state index is -1.09. The second-order valence-corrected chi connectivity index (χ2v) is 9.68. The number of alkyl carbamates (subject to hydrolysis) is 1. The lowest BCUT2D eigenvalue weighted by Crippen LogP contribution is -2.49. The molecule has 0 aromatic heterocycles. The van der Waals surface area contributed by atoms with Gasteiger partial charge in [-0.1, -0.05) is 54.1 Å². The lowest BCUT2D eigenvalue weighted by Gasteiger charge is -2.25. The van der Waals surface area contributed by atoms with E-state index in [1.807, 2.05) is 30.3 Å². The second-order valence-electron chi connectivity index (χ2n) is 8.22. The fourth-order valence-corrected chi connectivity index (χ4v) is 3.94. The largest absolute Gasteiger partial charge is 0.467 e. The predicted molar refractivity (Wildman–Crippen MR) is 130 cm³/mol. The van der Waals surface area contributed by atoms with Crippen LogP contribution in [0, 0.1) is 0 Å². The van der Waals surface area contributed by atoms with E-state index in [1.54, 1.807) is 45.0 Å². The van der Waals surface area contributed by atoms with Gasteiger partial charge in [0.1, 0.15) is 17.7 Å². The number of hydrogen-bond donors (Lipinski definition) is 2. The van der Waals surface area contributed by atoms with Gasteiger partial charge in [-0.05, 0) is 44.0 Å². The van der Waals surface area contributed by atoms with Crippen LogP contribution in [-0.2, 0) is 24.8 Å². The molecule has 0 aliphatic heterocycles. The number of carbonyl (C=O) groups is 3. The summed E-state index contributed by atoms with van der Waals surface area (Å²) in [5, 5.41) is 5.76. The van der Waals surface area contributed by atoms with Gasteiger partial charge in [-0.3, -0.25) is 4.79 Å². The molecule has 0 fully saturated rings. The SMILES string of the molecule is COC(=O)[C@H](CSCc1ccccc1)NC(=O)[C@H](NC(=O)OC(C)(C)C)c1ccc(Cl)cc1. The van der Waals surface area contributed by atoms with Gasteiger partial charge >= 0.3 is 12.1 Å². The van der Waals surface area contributed by atoms with Crippen LogP contribution in [0.15, 0.2) is 54.6 Å². The molecule has 2 aromatic rings. The quantitative estimate of drug-likeness (QED) is 0.501. The average Bonchev–Trinajstić information content (AvgIpc) is 2.76. The highest BCUT2D eigenvalue weighted by molar-refractivity contribution is 7.98. The highest BCUT2D eigenvalue weighted by Crippen LogP contribution is 2.19. The maximum atomic E-state index is 13.2. The molecule has 0 heterocycles. The van der Waals surface area contributed by atoms with Crippen molar-refractivity contribution in [1.29, 1.82) is 0 Å². The zero-order valence-corrected chi connectivity index (χ0v) is 20.7. The maximum Gasteiger partial charge on any atom is 0.408 e. The number of halogens is 1. The van der Waals surface area contributed by atoms with E-state index < -0.39 is 35.7 Å². The number of carbonyl (C=O) groups excluding carboxylic acids is 3. The van der Waals surface area contributed by atoms with Crippen molar-refractivity contribution in [3.63, 3.8) is 0 Å². The van der Waals surface area contributed by atoms with E-state index in [-0.39, 0.29) is 0 Å². The van der Waals surface area contributed by atoms with Crippen LogP contribution in [0.2, 0.25) is 5.02 Å². The summed E-state index contributed by atoms with van der Waals surface area (Å²) in [5.74, 6) is -0.177. The molecule has 0 saturated heterocycles. The fourth-order valence-electron chi connectivity index (χ4n) is 2.82. The zero-order valence-electron chi connectivity index (χ0n) is 19.1. The van der Waals surface area contributed by atoms with Crippen molar-refractivity contribution in [3.8, 4) is 0 Å². The van der Waals surface area contributed by atoms with E-state index in [0.29, 0.717) is 22.1 Å². The Hall–Kier alpha value is -2.71. The molecule has 0 aliphatic rings. The van der Waals surface area contributed by atoms with Gasteiger partial charge in [0, 0.05) is 16.5 Å². The molecule has 0 aliphatic carbocycles. The minimum absolute atomic E-state index is 0.299. The van der Waals surface area contributed by atoms with Crippen molar-refractivity contribution in [2.45, 2.75) is 44.2 Å². The normalized spacial score (nSPS) is 12.9. The summed E-state index contributed by atoms with van der Waals surface area (Å²) in [7, 11) is 1.26. The summed E-state index contributed by atoms with van der Waals surface area (Å²) in [6.07, 6.45) is -0.759. The van der Waals surface area contributed by atoms with Crippen LogP contribution in [0.5, 0.6) is 0 Å². The van der Waals surface area contributed by atoms with Crippen LogP contribution >= 0.6 is 23.4 Å². The van der Waals surface area contributed by atoms with E-state index >= 15 is 0 Å². The monoisotopic (exact) mass is 492 g/mol. The van der Waals surface area contributed by atoms with Crippen molar-refractivity contribution in [2.75, 3.05) is 12.9 Å². The number of ether oxygens (including phenoxy) is 2. The van der Waals surface area contributed by atoms with Crippen LogP contribution < -0.4 is 10.6 Å². The number of methoxy groups -OCH3 is 1. The van der Waals surface area contributed by atoms with Crippen molar-refractivity contribution < 1.29 is 23.9 Å². The lowest BCUT2D eigenvalue weighted by atomic mass is 10.1. The van der Waals surface area contributed by atoms with Gasteiger partial charge in [0.15, 0.2) is 0 Å². The molecule has 2 N–H and O–H groups in total. The van der Waals surface area contributed by atoms with E-state index in [2.05, 4.69) is 10.6 Å². The van der Waals surface area contributed by atoms with Gasteiger partial charge in [0.05, 0.1) is 7.11 Å². The molecule has 178 valence electrons.